The van der Waals surface area contributed by atoms with Gasteiger partial charge in [-0.2, -0.15) is 5.26 Å². The Labute approximate surface area is 248 Å². The van der Waals surface area contributed by atoms with E-state index in [1.807, 2.05) is 30.3 Å². The molecule has 11 heteroatoms. The van der Waals surface area contributed by atoms with E-state index in [-0.39, 0.29) is 5.41 Å². The Kier molecular flexibility index (Phi) is 8.14. The molecule has 0 fully saturated rings. The maximum absolute atomic E-state index is 13.5. The lowest BCUT2D eigenvalue weighted by Gasteiger charge is -2.23. The topological polar surface area (TPSA) is 114 Å². The summed E-state index contributed by atoms with van der Waals surface area (Å²) in [6.45, 7) is 8.16. The molecule has 42 heavy (non-hydrogen) atoms. The normalized spacial score (nSPS) is 13.1. The van der Waals surface area contributed by atoms with E-state index in [1.165, 1.54) is 10.9 Å². The smallest absolute Gasteiger partial charge is 0.221 e. The molecule has 0 spiro atoms. The predicted molar refractivity (Wildman–Crippen MR) is 164 cm³/mol. The third-order valence-electron chi connectivity index (χ3n) is 6.96. The zero-order valence-electron chi connectivity index (χ0n) is 24.1. The second-order valence-corrected chi connectivity index (χ2v) is 11.8. The van der Waals surface area contributed by atoms with Crippen LogP contribution in [0.25, 0.3) is 21.7 Å². The molecule has 0 aliphatic rings. The first-order chi connectivity index (χ1) is 20.1. The summed E-state index contributed by atoms with van der Waals surface area (Å²) in [4.78, 5) is 8.83. The van der Waals surface area contributed by atoms with E-state index >= 15 is 0 Å². The molecule has 2 aromatic carbocycles. The highest BCUT2D eigenvalue weighted by Gasteiger charge is 2.24. The summed E-state index contributed by atoms with van der Waals surface area (Å²) in [7, 11) is 1.58. The Hall–Kier alpha value is -4.49. The Morgan fingerprint density at radius 3 is 2.67 bits per heavy atom. The maximum Gasteiger partial charge on any atom is 0.221 e. The first-order valence-corrected chi connectivity index (χ1v) is 13.9. The molecule has 5 aromatic rings. The van der Waals surface area contributed by atoms with Crippen LogP contribution in [0.1, 0.15) is 56.6 Å². The van der Waals surface area contributed by atoms with E-state index in [2.05, 4.69) is 57.8 Å². The molecule has 0 saturated heterocycles. The fraction of sp³-hybridized carbons (Fsp3) is 0.323. The van der Waals surface area contributed by atoms with Crippen LogP contribution >= 0.6 is 11.6 Å². The number of nitrogens with zero attached hydrogens (tertiary/aromatic N) is 6. The molecular weight excluding hydrogens is 555 g/mol. The first-order valence-electron chi connectivity index (χ1n) is 13.6. The largest absolute Gasteiger partial charge is 0.481 e. The molecule has 0 radical (unpaired) electrons. The molecule has 3 aromatic heterocycles. The summed E-state index contributed by atoms with van der Waals surface area (Å²) in [6.07, 6.45) is 4.98. The average molecular weight is 587 g/mol. The number of nitrogens with one attached hydrogen (secondary N) is 2. The van der Waals surface area contributed by atoms with Crippen molar-refractivity contribution in [2.24, 2.45) is 5.41 Å². The van der Waals surface area contributed by atoms with Crippen LogP contribution in [0.5, 0.6) is 5.88 Å². The van der Waals surface area contributed by atoms with Crippen LogP contribution < -0.4 is 15.4 Å². The molecule has 3 heterocycles. The third kappa shape index (κ3) is 5.78. The molecule has 2 atom stereocenters. The van der Waals surface area contributed by atoms with Gasteiger partial charge in [0.05, 0.1) is 47.2 Å². The minimum Gasteiger partial charge on any atom is -0.481 e. The van der Waals surface area contributed by atoms with E-state index in [0.29, 0.717) is 51.0 Å². The van der Waals surface area contributed by atoms with Gasteiger partial charge in [-0.25, -0.2) is 14.1 Å². The number of hydrogen-bond donors (Lipinski definition) is 2. The zero-order valence-corrected chi connectivity index (χ0v) is 24.9. The van der Waals surface area contributed by atoms with Crippen LogP contribution in [-0.4, -0.2) is 45.3 Å². The molecule has 9 nitrogen and oxygen atoms in total. The number of rotatable bonds is 9. The molecule has 2 unspecified atom stereocenters. The van der Waals surface area contributed by atoms with Crippen molar-refractivity contribution in [3.05, 3.63) is 76.8 Å². The van der Waals surface area contributed by atoms with Crippen molar-refractivity contribution in [1.82, 2.24) is 25.0 Å². The van der Waals surface area contributed by atoms with Gasteiger partial charge in [-0.15, -0.1) is 5.10 Å². The van der Waals surface area contributed by atoms with E-state index in [9.17, 15) is 9.65 Å². The van der Waals surface area contributed by atoms with Gasteiger partial charge in [-0.1, -0.05) is 49.7 Å². The number of hydrogen-bond acceptors (Lipinski definition) is 8. The highest BCUT2D eigenvalue weighted by atomic mass is 35.5. The van der Waals surface area contributed by atoms with Crippen molar-refractivity contribution in [2.45, 2.75) is 39.8 Å². The maximum atomic E-state index is 13.5. The summed E-state index contributed by atoms with van der Waals surface area (Å²) < 4.78 is 20.5. The summed E-state index contributed by atoms with van der Waals surface area (Å²) >= 11 is 6.78. The van der Waals surface area contributed by atoms with Crippen LogP contribution in [0.15, 0.2) is 55.0 Å². The van der Waals surface area contributed by atoms with E-state index in [0.717, 1.165) is 16.3 Å². The molecule has 0 amide bonds. The Balaban J connectivity index is 1.67. The standard InChI is InChI=1S/C31H32ClFN8O/c1-18(13-33)41-16-26(39-40-41)29(22-7-6-8-23-21(22)9-10-35-30(23)42-5)38-20-11-24-27(37-17-31(2,3)4)19(14-34)15-36-28(24)25(32)12-20/h6-12,15-16,18,29,38H,13,17H2,1-5H3,(H,36,37). The van der Waals surface area contributed by atoms with Gasteiger partial charge in [0.2, 0.25) is 5.88 Å². The van der Waals surface area contributed by atoms with Gasteiger partial charge in [-0.3, -0.25) is 4.98 Å². The summed E-state index contributed by atoms with van der Waals surface area (Å²) in [5.74, 6) is 0.501. The summed E-state index contributed by atoms with van der Waals surface area (Å²) in [6, 6.07) is 12.8. The SMILES string of the molecule is COc1nccc2c(C(Nc3cc(Cl)c4ncc(C#N)c(NCC(C)(C)C)c4c3)c3cn(C(C)CF)nn3)cccc12. The average Bonchev–Trinajstić information content (AvgIpc) is 3.47. The van der Waals surface area contributed by atoms with Crippen LogP contribution in [0.4, 0.5) is 15.8 Å². The van der Waals surface area contributed by atoms with Crippen LogP contribution in [0, 0.1) is 16.7 Å². The number of benzene rings is 2. The van der Waals surface area contributed by atoms with Crippen molar-refractivity contribution >= 4 is 44.7 Å². The summed E-state index contributed by atoms with van der Waals surface area (Å²) in [5, 5.41) is 28.4. The van der Waals surface area contributed by atoms with Crippen molar-refractivity contribution in [3.63, 3.8) is 0 Å². The predicted octanol–water partition coefficient (Wildman–Crippen LogP) is 7.10. The Morgan fingerprint density at radius 2 is 1.95 bits per heavy atom. The van der Waals surface area contributed by atoms with Crippen LogP contribution in [0.2, 0.25) is 5.02 Å². The van der Waals surface area contributed by atoms with Gasteiger partial charge >= 0.3 is 0 Å². The van der Waals surface area contributed by atoms with Crippen LogP contribution in [0.3, 0.4) is 0 Å². The van der Waals surface area contributed by atoms with Gasteiger partial charge in [-0.05, 0) is 47.6 Å². The van der Waals surface area contributed by atoms with E-state index < -0.39 is 18.8 Å². The number of alkyl halides is 1. The number of halogens is 2. The van der Waals surface area contributed by atoms with E-state index in [1.54, 1.807) is 32.5 Å². The minimum absolute atomic E-state index is 0.0279. The molecule has 2 N–H and O–H groups in total. The highest BCUT2D eigenvalue weighted by molar-refractivity contribution is 6.35. The molecule has 0 aliphatic carbocycles. The van der Waals surface area contributed by atoms with Gasteiger partial charge in [0.25, 0.3) is 0 Å². The number of aromatic nitrogens is 5. The monoisotopic (exact) mass is 586 g/mol. The number of pyridine rings is 2. The Bertz CT molecular complexity index is 1790. The first kappa shape index (κ1) is 29.0. The number of nitriles is 1. The lowest BCUT2D eigenvalue weighted by molar-refractivity contribution is 0.351. The highest BCUT2D eigenvalue weighted by Crippen LogP contribution is 2.38. The minimum atomic E-state index is -0.573. The van der Waals surface area contributed by atoms with Crippen LogP contribution in [-0.2, 0) is 0 Å². The molecule has 0 saturated carbocycles. The number of anilines is 2. The lowest BCUT2D eigenvalue weighted by Crippen LogP contribution is -2.20. The molecular formula is C31H32ClFN8O. The molecule has 0 aliphatic heterocycles. The molecule has 216 valence electrons. The van der Waals surface area contributed by atoms with Crippen molar-refractivity contribution in [1.29, 1.82) is 5.26 Å². The van der Waals surface area contributed by atoms with Gasteiger partial charge < -0.3 is 15.4 Å². The van der Waals surface area contributed by atoms with Gasteiger partial charge in [0.1, 0.15) is 18.4 Å². The van der Waals surface area contributed by atoms with Crippen molar-refractivity contribution < 1.29 is 9.13 Å². The van der Waals surface area contributed by atoms with Gasteiger partial charge in [0.15, 0.2) is 0 Å². The number of fused-ring (bicyclic) bond motifs is 2. The number of methoxy groups -OCH3 is 1. The summed E-state index contributed by atoms with van der Waals surface area (Å²) in [5.41, 5.74) is 3.80. The van der Waals surface area contributed by atoms with E-state index in [4.69, 9.17) is 16.3 Å². The third-order valence-corrected chi connectivity index (χ3v) is 7.25. The molecule has 0 bridgehead atoms. The lowest BCUT2D eigenvalue weighted by atomic mass is 9.96. The fourth-order valence-electron chi connectivity index (χ4n) is 4.78. The zero-order chi connectivity index (χ0) is 30.0. The second kappa shape index (κ2) is 11.8. The van der Waals surface area contributed by atoms with Crippen molar-refractivity contribution in [2.75, 3.05) is 31.0 Å². The number of ether oxygens (including phenoxy) is 1. The second-order valence-electron chi connectivity index (χ2n) is 11.4. The Morgan fingerprint density at radius 1 is 1.14 bits per heavy atom. The quantitative estimate of drug-likeness (QED) is 0.188. The fourth-order valence-corrected chi connectivity index (χ4v) is 5.05. The van der Waals surface area contributed by atoms with Crippen molar-refractivity contribution in [3.8, 4) is 11.9 Å². The molecule has 5 rings (SSSR count). The van der Waals surface area contributed by atoms with Gasteiger partial charge in [0, 0.05) is 35.4 Å².